The smallest absolute Gasteiger partial charge is 0.335 e. The van der Waals surface area contributed by atoms with Crippen molar-refractivity contribution in [3.63, 3.8) is 0 Å². The Hall–Kier alpha value is -0.830. The third-order valence-electron chi connectivity index (χ3n) is 0.941. The minimum atomic E-state index is -0.996. The fourth-order valence-electron chi connectivity index (χ4n) is 0.307. The number of aliphatic hydroxyl groups is 1. The zero-order chi connectivity index (χ0) is 8.15. The van der Waals surface area contributed by atoms with Gasteiger partial charge in [-0.2, -0.15) is 0 Å². The summed E-state index contributed by atoms with van der Waals surface area (Å²) in [6.07, 6.45) is -0.594. The summed E-state index contributed by atoms with van der Waals surface area (Å²) in [7, 11) is 0. The summed E-state index contributed by atoms with van der Waals surface area (Å²) in [6.45, 7) is 6.61. The van der Waals surface area contributed by atoms with Gasteiger partial charge in [0, 0.05) is 12.0 Å². The summed E-state index contributed by atoms with van der Waals surface area (Å²) in [4.78, 5) is 10.6. The minimum absolute atomic E-state index is 0.299. The molecule has 10 heavy (non-hydrogen) atoms. The summed E-state index contributed by atoms with van der Waals surface area (Å²) in [5.41, 5.74) is 0.299. The quantitative estimate of drug-likeness (QED) is 0.362. The van der Waals surface area contributed by atoms with Gasteiger partial charge in [-0.25, -0.2) is 4.79 Å². The van der Waals surface area contributed by atoms with Crippen LogP contribution < -0.4 is 0 Å². The molecule has 0 fully saturated rings. The number of rotatable bonds is 3. The second-order valence-corrected chi connectivity index (χ2v) is 2.05. The van der Waals surface area contributed by atoms with Crippen LogP contribution >= 0.6 is 0 Å². The van der Waals surface area contributed by atoms with Gasteiger partial charge in [0.15, 0.2) is 0 Å². The molecule has 0 rings (SSSR count). The first kappa shape index (κ1) is 9.17. The fourth-order valence-corrected chi connectivity index (χ4v) is 0.307. The maximum absolute atomic E-state index is 10.6. The van der Waals surface area contributed by atoms with Gasteiger partial charge < -0.3 is 9.84 Å². The van der Waals surface area contributed by atoms with Crippen LogP contribution in [0.15, 0.2) is 12.2 Å². The molecule has 0 aliphatic heterocycles. The molecule has 0 aliphatic carbocycles. The Balaban J connectivity index is 3.68. The van der Waals surface area contributed by atoms with Crippen LogP contribution in [0.3, 0.4) is 0 Å². The molecule has 0 amide bonds. The standard InChI is InChI=1S/C7H12O3/c1-4-6(8)10-7(9)5(2)3/h6,8H,2,4H2,1,3H3. The van der Waals surface area contributed by atoms with Crippen LogP contribution in [0, 0.1) is 0 Å². The molecule has 0 aromatic heterocycles. The van der Waals surface area contributed by atoms with Gasteiger partial charge in [-0.05, 0) is 6.92 Å². The van der Waals surface area contributed by atoms with Crippen molar-refractivity contribution in [1.82, 2.24) is 0 Å². The highest BCUT2D eigenvalue weighted by atomic mass is 16.6. The van der Waals surface area contributed by atoms with Crippen LogP contribution in [-0.2, 0) is 9.53 Å². The number of ether oxygens (including phenoxy) is 1. The third kappa shape index (κ3) is 3.25. The van der Waals surface area contributed by atoms with Crippen LogP contribution in [0.2, 0.25) is 0 Å². The molecule has 0 radical (unpaired) electrons. The molecule has 0 saturated heterocycles. The topological polar surface area (TPSA) is 46.5 Å². The predicted molar refractivity (Wildman–Crippen MR) is 37.2 cm³/mol. The Labute approximate surface area is 60.3 Å². The number of hydrogen-bond donors (Lipinski definition) is 1. The number of esters is 1. The van der Waals surface area contributed by atoms with E-state index in [1.807, 2.05) is 0 Å². The normalized spacial score (nSPS) is 12.3. The van der Waals surface area contributed by atoms with Crippen LogP contribution in [-0.4, -0.2) is 17.4 Å². The Morgan fingerprint density at radius 3 is 2.60 bits per heavy atom. The molecular weight excluding hydrogens is 132 g/mol. The van der Waals surface area contributed by atoms with Crippen molar-refractivity contribution in [3.05, 3.63) is 12.2 Å². The highest BCUT2D eigenvalue weighted by Crippen LogP contribution is 1.98. The molecule has 0 aromatic rings. The second kappa shape index (κ2) is 4.06. The molecule has 0 aliphatic rings. The molecule has 0 spiro atoms. The summed E-state index contributed by atoms with van der Waals surface area (Å²) < 4.78 is 4.48. The van der Waals surface area contributed by atoms with E-state index in [0.29, 0.717) is 12.0 Å². The molecule has 3 heteroatoms. The van der Waals surface area contributed by atoms with Gasteiger partial charge in [0.1, 0.15) is 0 Å². The van der Waals surface area contributed by atoms with E-state index in [4.69, 9.17) is 5.11 Å². The maximum Gasteiger partial charge on any atom is 0.335 e. The van der Waals surface area contributed by atoms with Crippen molar-refractivity contribution in [2.24, 2.45) is 0 Å². The highest BCUT2D eigenvalue weighted by molar-refractivity contribution is 5.86. The van der Waals surface area contributed by atoms with E-state index in [9.17, 15) is 4.79 Å². The lowest BCUT2D eigenvalue weighted by atomic mass is 10.3. The van der Waals surface area contributed by atoms with Crippen LogP contribution in [0.25, 0.3) is 0 Å². The molecule has 3 nitrogen and oxygen atoms in total. The molecule has 1 atom stereocenters. The Morgan fingerprint density at radius 1 is 1.80 bits per heavy atom. The first-order chi connectivity index (χ1) is 4.57. The molecule has 1 N–H and O–H groups in total. The first-order valence-electron chi connectivity index (χ1n) is 3.12. The van der Waals surface area contributed by atoms with Crippen molar-refractivity contribution in [2.75, 3.05) is 0 Å². The van der Waals surface area contributed by atoms with Crippen molar-refractivity contribution in [1.29, 1.82) is 0 Å². The number of carbonyl (C=O) groups excluding carboxylic acids is 1. The maximum atomic E-state index is 10.6. The molecule has 0 heterocycles. The predicted octanol–water partition coefficient (Wildman–Crippen LogP) is 0.834. The SMILES string of the molecule is C=C(C)C(=O)OC(O)CC. The van der Waals surface area contributed by atoms with E-state index in [2.05, 4.69) is 11.3 Å². The largest absolute Gasteiger partial charge is 0.433 e. The van der Waals surface area contributed by atoms with Gasteiger partial charge in [-0.3, -0.25) is 0 Å². The number of carbonyl (C=O) groups is 1. The Kier molecular flexibility index (Phi) is 3.72. The fraction of sp³-hybridized carbons (Fsp3) is 0.571. The summed E-state index contributed by atoms with van der Waals surface area (Å²) in [5.74, 6) is -0.547. The van der Waals surface area contributed by atoms with E-state index in [1.165, 1.54) is 6.92 Å². The second-order valence-electron chi connectivity index (χ2n) is 2.05. The van der Waals surface area contributed by atoms with Gasteiger partial charge in [0.25, 0.3) is 0 Å². The summed E-state index contributed by atoms with van der Waals surface area (Å²) in [6, 6.07) is 0. The van der Waals surface area contributed by atoms with Crippen LogP contribution in [0.1, 0.15) is 20.3 Å². The van der Waals surface area contributed by atoms with Crippen molar-refractivity contribution < 1.29 is 14.6 Å². The zero-order valence-electron chi connectivity index (χ0n) is 6.26. The van der Waals surface area contributed by atoms with Gasteiger partial charge in [0.2, 0.25) is 6.29 Å². The molecule has 0 saturated carbocycles. The van der Waals surface area contributed by atoms with Crippen molar-refractivity contribution in [2.45, 2.75) is 26.6 Å². The van der Waals surface area contributed by atoms with E-state index in [1.54, 1.807) is 6.92 Å². The highest BCUT2D eigenvalue weighted by Gasteiger charge is 2.07. The van der Waals surface area contributed by atoms with Crippen molar-refractivity contribution >= 4 is 5.97 Å². The molecule has 1 unspecified atom stereocenters. The minimum Gasteiger partial charge on any atom is -0.433 e. The summed E-state index contributed by atoms with van der Waals surface area (Å²) in [5, 5.41) is 8.79. The van der Waals surface area contributed by atoms with E-state index in [-0.39, 0.29) is 0 Å². The van der Waals surface area contributed by atoms with E-state index >= 15 is 0 Å². The van der Waals surface area contributed by atoms with Crippen LogP contribution in [0.4, 0.5) is 0 Å². The number of hydrogen-bond acceptors (Lipinski definition) is 3. The third-order valence-corrected chi connectivity index (χ3v) is 0.941. The van der Waals surface area contributed by atoms with Gasteiger partial charge in [0.05, 0.1) is 0 Å². The Bertz CT molecular complexity index is 140. The van der Waals surface area contributed by atoms with Gasteiger partial charge >= 0.3 is 5.97 Å². The average molecular weight is 144 g/mol. The lowest BCUT2D eigenvalue weighted by molar-refractivity contribution is -0.162. The van der Waals surface area contributed by atoms with E-state index < -0.39 is 12.3 Å². The average Bonchev–Trinajstić information content (AvgIpc) is 1.87. The molecular formula is C7H12O3. The first-order valence-corrected chi connectivity index (χ1v) is 3.12. The molecule has 0 bridgehead atoms. The lowest BCUT2D eigenvalue weighted by Gasteiger charge is -2.08. The lowest BCUT2D eigenvalue weighted by Crippen LogP contribution is -2.16. The van der Waals surface area contributed by atoms with Gasteiger partial charge in [-0.15, -0.1) is 0 Å². The van der Waals surface area contributed by atoms with Crippen molar-refractivity contribution in [3.8, 4) is 0 Å². The summed E-state index contributed by atoms with van der Waals surface area (Å²) >= 11 is 0. The van der Waals surface area contributed by atoms with Gasteiger partial charge in [-0.1, -0.05) is 13.5 Å². The number of aliphatic hydroxyl groups excluding tert-OH is 1. The molecule has 58 valence electrons. The Morgan fingerprint density at radius 2 is 2.30 bits per heavy atom. The van der Waals surface area contributed by atoms with Crippen LogP contribution in [0.5, 0.6) is 0 Å². The van der Waals surface area contributed by atoms with E-state index in [0.717, 1.165) is 0 Å². The molecule has 0 aromatic carbocycles. The monoisotopic (exact) mass is 144 g/mol. The zero-order valence-corrected chi connectivity index (χ0v) is 6.26.